The van der Waals surface area contributed by atoms with Crippen LogP contribution in [0.2, 0.25) is 0 Å². The summed E-state index contributed by atoms with van der Waals surface area (Å²) in [6.07, 6.45) is 1.67. The van der Waals surface area contributed by atoms with Crippen LogP contribution in [0.3, 0.4) is 0 Å². The smallest absolute Gasteiger partial charge is 0.232 e. The van der Waals surface area contributed by atoms with Crippen molar-refractivity contribution in [2.45, 2.75) is 13.3 Å². The highest BCUT2D eigenvalue weighted by molar-refractivity contribution is 5.90. The number of hydrogen-bond acceptors (Lipinski definition) is 6. The van der Waals surface area contributed by atoms with Crippen LogP contribution in [-0.4, -0.2) is 28.1 Å². The van der Waals surface area contributed by atoms with E-state index in [1.54, 1.807) is 25.4 Å². The van der Waals surface area contributed by atoms with Crippen LogP contribution in [0.25, 0.3) is 11.3 Å². The summed E-state index contributed by atoms with van der Waals surface area (Å²) in [6, 6.07) is 10.9. The highest BCUT2D eigenvalue weighted by Crippen LogP contribution is 2.23. The van der Waals surface area contributed by atoms with Gasteiger partial charge < -0.3 is 9.26 Å². The number of carbonyl (C=O) groups is 1. The first-order valence-electron chi connectivity index (χ1n) is 7.33. The summed E-state index contributed by atoms with van der Waals surface area (Å²) in [6.45, 7) is 1.83. The molecule has 0 fully saturated rings. The third-order valence-electron chi connectivity index (χ3n) is 3.32. The molecule has 3 rings (SSSR count). The molecule has 7 nitrogen and oxygen atoms in total. The number of anilines is 1. The first-order chi connectivity index (χ1) is 11.6. The molecule has 24 heavy (non-hydrogen) atoms. The van der Waals surface area contributed by atoms with E-state index in [0.29, 0.717) is 11.5 Å². The molecule has 0 atom stereocenters. The number of rotatable bonds is 5. The number of methoxy groups -OCH3 is 1. The van der Waals surface area contributed by atoms with Crippen LogP contribution < -0.4 is 10.1 Å². The third-order valence-corrected chi connectivity index (χ3v) is 3.32. The zero-order valence-corrected chi connectivity index (χ0v) is 13.3. The van der Waals surface area contributed by atoms with E-state index in [1.165, 1.54) is 0 Å². The number of aryl methyl sites for hydroxylation is 1. The maximum absolute atomic E-state index is 12.0. The van der Waals surface area contributed by atoms with E-state index in [2.05, 4.69) is 20.4 Å². The number of carbonyl (C=O) groups excluding carboxylic acids is 1. The molecule has 0 aliphatic rings. The predicted molar refractivity (Wildman–Crippen MR) is 87.6 cm³/mol. The fourth-order valence-corrected chi connectivity index (χ4v) is 2.13. The Morgan fingerprint density at radius 3 is 2.75 bits per heavy atom. The Bertz CT molecular complexity index is 843. The molecular weight excluding hydrogens is 308 g/mol. The first kappa shape index (κ1) is 15.7. The standard InChI is InChI=1S/C17H16N4O3/c1-11-7-8-18-17(19-11)20-16(22)10-13-9-15(24-21-13)12-3-5-14(23-2)6-4-12/h3-9H,10H2,1-2H3,(H,18,19,20,22). The molecule has 0 aliphatic heterocycles. The van der Waals surface area contributed by atoms with Crippen molar-refractivity contribution in [1.82, 2.24) is 15.1 Å². The lowest BCUT2D eigenvalue weighted by atomic mass is 10.1. The summed E-state index contributed by atoms with van der Waals surface area (Å²) < 4.78 is 10.4. The SMILES string of the molecule is COc1ccc(-c2cc(CC(=O)Nc3nccc(C)n3)no2)cc1. The van der Waals surface area contributed by atoms with Crippen molar-refractivity contribution in [3.8, 4) is 17.1 Å². The summed E-state index contributed by atoms with van der Waals surface area (Å²) in [5.41, 5.74) is 2.17. The Morgan fingerprint density at radius 2 is 2.04 bits per heavy atom. The van der Waals surface area contributed by atoms with Gasteiger partial charge in [-0.1, -0.05) is 5.16 Å². The van der Waals surface area contributed by atoms with Gasteiger partial charge in [-0.05, 0) is 37.3 Å². The number of hydrogen-bond donors (Lipinski definition) is 1. The number of benzene rings is 1. The van der Waals surface area contributed by atoms with Gasteiger partial charge in [-0.2, -0.15) is 0 Å². The Hall–Kier alpha value is -3.22. The van der Waals surface area contributed by atoms with Crippen molar-refractivity contribution in [2.24, 2.45) is 0 Å². The van der Waals surface area contributed by atoms with Gasteiger partial charge in [-0.3, -0.25) is 10.1 Å². The monoisotopic (exact) mass is 324 g/mol. The zero-order chi connectivity index (χ0) is 16.9. The van der Waals surface area contributed by atoms with E-state index in [0.717, 1.165) is 17.0 Å². The van der Waals surface area contributed by atoms with Gasteiger partial charge in [0, 0.05) is 23.5 Å². The highest BCUT2D eigenvalue weighted by Gasteiger charge is 2.12. The van der Waals surface area contributed by atoms with Gasteiger partial charge in [0.1, 0.15) is 5.75 Å². The molecule has 1 amide bonds. The average molecular weight is 324 g/mol. The second kappa shape index (κ2) is 6.91. The minimum Gasteiger partial charge on any atom is -0.497 e. The largest absolute Gasteiger partial charge is 0.497 e. The number of nitrogens with one attached hydrogen (secondary N) is 1. The van der Waals surface area contributed by atoms with Crippen LogP contribution in [0.5, 0.6) is 5.75 Å². The molecule has 0 unspecified atom stereocenters. The molecule has 1 N–H and O–H groups in total. The maximum Gasteiger partial charge on any atom is 0.232 e. The molecule has 0 radical (unpaired) electrons. The van der Waals surface area contributed by atoms with Crippen LogP contribution in [0, 0.1) is 6.92 Å². The topological polar surface area (TPSA) is 90.1 Å². The molecule has 3 aromatic rings. The van der Waals surface area contributed by atoms with E-state index in [-0.39, 0.29) is 18.3 Å². The van der Waals surface area contributed by atoms with Crippen molar-refractivity contribution in [2.75, 3.05) is 12.4 Å². The Morgan fingerprint density at radius 1 is 1.25 bits per heavy atom. The molecule has 0 spiro atoms. The Labute approximate surface area is 138 Å². The minimum absolute atomic E-state index is 0.0803. The number of nitrogens with zero attached hydrogens (tertiary/aromatic N) is 3. The summed E-state index contributed by atoms with van der Waals surface area (Å²) in [5.74, 6) is 1.37. The fraction of sp³-hybridized carbons (Fsp3) is 0.176. The summed E-state index contributed by atoms with van der Waals surface area (Å²) >= 11 is 0. The normalized spacial score (nSPS) is 10.4. The lowest BCUT2D eigenvalue weighted by Crippen LogP contribution is -2.16. The van der Waals surface area contributed by atoms with Crippen LogP contribution in [0.1, 0.15) is 11.4 Å². The molecule has 2 aromatic heterocycles. The van der Waals surface area contributed by atoms with Gasteiger partial charge in [0.05, 0.1) is 19.2 Å². The van der Waals surface area contributed by atoms with Crippen LogP contribution in [0.15, 0.2) is 47.1 Å². The van der Waals surface area contributed by atoms with Crippen molar-refractivity contribution < 1.29 is 14.1 Å². The van der Waals surface area contributed by atoms with Crippen molar-refractivity contribution in [3.63, 3.8) is 0 Å². The van der Waals surface area contributed by atoms with E-state index < -0.39 is 0 Å². The fourth-order valence-electron chi connectivity index (χ4n) is 2.13. The molecule has 7 heteroatoms. The molecule has 122 valence electrons. The van der Waals surface area contributed by atoms with E-state index >= 15 is 0 Å². The number of amides is 1. The van der Waals surface area contributed by atoms with Gasteiger partial charge in [0.15, 0.2) is 5.76 Å². The number of aromatic nitrogens is 3. The molecule has 0 saturated heterocycles. The van der Waals surface area contributed by atoms with E-state index in [4.69, 9.17) is 9.26 Å². The predicted octanol–water partition coefficient (Wildman–Crippen LogP) is 2.63. The first-order valence-corrected chi connectivity index (χ1v) is 7.33. The van der Waals surface area contributed by atoms with Crippen molar-refractivity contribution >= 4 is 11.9 Å². The van der Waals surface area contributed by atoms with Crippen LogP contribution in [0.4, 0.5) is 5.95 Å². The summed E-state index contributed by atoms with van der Waals surface area (Å²) in [5, 5.41) is 6.56. The zero-order valence-electron chi connectivity index (χ0n) is 13.3. The van der Waals surface area contributed by atoms with Gasteiger partial charge in [-0.15, -0.1) is 0 Å². The molecule has 0 aliphatic carbocycles. The van der Waals surface area contributed by atoms with Gasteiger partial charge in [0.25, 0.3) is 0 Å². The minimum atomic E-state index is -0.254. The van der Waals surface area contributed by atoms with Crippen LogP contribution in [-0.2, 0) is 11.2 Å². The number of ether oxygens (including phenoxy) is 1. The molecular formula is C17H16N4O3. The maximum atomic E-state index is 12.0. The van der Waals surface area contributed by atoms with Gasteiger partial charge in [-0.25, -0.2) is 9.97 Å². The molecule has 0 bridgehead atoms. The van der Waals surface area contributed by atoms with Crippen LogP contribution >= 0.6 is 0 Å². The van der Waals surface area contributed by atoms with E-state index in [1.807, 2.05) is 31.2 Å². The second-order valence-electron chi connectivity index (χ2n) is 5.16. The summed E-state index contributed by atoms with van der Waals surface area (Å²) in [7, 11) is 1.61. The lowest BCUT2D eigenvalue weighted by molar-refractivity contribution is -0.115. The highest BCUT2D eigenvalue weighted by atomic mass is 16.5. The average Bonchev–Trinajstić information content (AvgIpc) is 3.03. The Kier molecular flexibility index (Phi) is 4.51. The molecule has 2 heterocycles. The Balaban J connectivity index is 1.65. The molecule has 0 saturated carbocycles. The van der Waals surface area contributed by atoms with Gasteiger partial charge >= 0.3 is 0 Å². The van der Waals surface area contributed by atoms with Crippen molar-refractivity contribution in [3.05, 3.63) is 54.0 Å². The quantitative estimate of drug-likeness (QED) is 0.776. The third kappa shape index (κ3) is 3.75. The summed E-state index contributed by atoms with van der Waals surface area (Å²) in [4.78, 5) is 20.1. The van der Waals surface area contributed by atoms with Crippen molar-refractivity contribution in [1.29, 1.82) is 0 Å². The van der Waals surface area contributed by atoms with E-state index in [9.17, 15) is 4.79 Å². The second-order valence-corrected chi connectivity index (χ2v) is 5.16. The van der Waals surface area contributed by atoms with Gasteiger partial charge in [0.2, 0.25) is 11.9 Å². The molecule has 1 aromatic carbocycles. The lowest BCUT2D eigenvalue weighted by Gasteiger charge is -2.02.